The molecule has 0 fully saturated rings. The molecule has 0 unspecified atom stereocenters. The standard InChI is InChI=1S/C9H6ClN3O/c10-8-3-2-7(6-13-8)14-9-11-4-1-5-12-9/h1-6H. The Morgan fingerprint density at radius 3 is 2.50 bits per heavy atom. The summed E-state index contributed by atoms with van der Waals surface area (Å²) in [5, 5.41) is 0.423. The van der Waals surface area contributed by atoms with Crippen molar-refractivity contribution in [2.75, 3.05) is 0 Å². The molecule has 5 heteroatoms. The number of hydrogen-bond donors (Lipinski definition) is 0. The zero-order valence-corrected chi connectivity index (χ0v) is 7.85. The van der Waals surface area contributed by atoms with Crippen LogP contribution >= 0.6 is 11.6 Å². The zero-order chi connectivity index (χ0) is 9.80. The Morgan fingerprint density at radius 2 is 1.86 bits per heavy atom. The molecule has 0 aromatic carbocycles. The van der Waals surface area contributed by atoms with Gasteiger partial charge in [0.1, 0.15) is 10.9 Å². The van der Waals surface area contributed by atoms with Gasteiger partial charge in [-0.25, -0.2) is 15.0 Å². The molecule has 0 saturated carbocycles. The molecular weight excluding hydrogens is 202 g/mol. The summed E-state index contributed by atoms with van der Waals surface area (Å²) in [5.41, 5.74) is 0. The second-order valence-corrected chi connectivity index (χ2v) is 2.84. The minimum Gasteiger partial charge on any atom is -0.423 e. The van der Waals surface area contributed by atoms with Crippen molar-refractivity contribution in [3.8, 4) is 11.8 Å². The third-order valence-corrected chi connectivity index (χ3v) is 1.68. The molecule has 0 saturated heterocycles. The molecule has 2 heterocycles. The molecule has 4 nitrogen and oxygen atoms in total. The normalized spacial score (nSPS) is 9.79. The number of rotatable bonds is 2. The molecule has 2 aromatic heterocycles. The summed E-state index contributed by atoms with van der Waals surface area (Å²) >= 11 is 5.62. The van der Waals surface area contributed by atoms with Crippen LogP contribution in [0.25, 0.3) is 0 Å². The second-order valence-electron chi connectivity index (χ2n) is 2.45. The number of ether oxygens (including phenoxy) is 1. The lowest BCUT2D eigenvalue weighted by molar-refractivity contribution is 0.440. The predicted octanol–water partition coefficient (Wildman–Crippen LogP) is 2.32. The molecule has 0 aliphatic carbocycles. The first-order chi connectivity index (χ1) is 6.84. The highest BCUT2D eigenvalue weighted by Gasteiger charge is 1.98. The summed E-state index contributed by atoms with van der Waals surface area (Å²) in [7, 11) is 0. The smallest absolute Gasteiger partial charge is 0.321 e. The molecule has 0 aliphatic heterocycles. The van der Waals surface area contributed by atoms with Crippen molar-refractivity contribution in [3.63, 3.8) is 0 Å². The zero-order valence-electron chi connectivity index (χ0n) is 7.09. The van der Waals surface area contributed by atoms with E-state index in [1.165, 1.54) is 6.20 Å². The highest BCUT2D eigenvalue weighted by Crippen LogP contribution is 2.16. The maximum absolute atomic E-state index is 5.62. The number of hydrogen-bond acceptors (Lipinski definition) is 4. The summed E-state index contributed by atoms with van der Waals surface area (Å²) in [6, 6.07) is 5.34. The van der Waals surface area contributed by atoms with Crippen LogP contribution < -0.4 is 4.74 Å². The molecule has 0 atom stereocenters. The minimum absolute atomic E-state index is 0.289. The first-order valence-electron chi connectivity index (χ1n) is 3.91. The summed E-state index contributed by atoms with van der Waals surface area (Å²) in [4.78, 5) is 11.7. The Morgan fingerprint density at radius 1 is 1.07 bits per heavy atom. The van der Waals surface area contributed by atoms with Gasteiger partial charge in [0.2, 0.25) is 0 Å². The van der Waals surface area contributed by atoms with E-state index in [9.17, 15) is 0 Å². The Labute approximate surface area is 85.6 Å². The van der Waals surface area contributed by atoms with Crippen molar-refractivity contribution in [1.82, 2.24) is 15.0 Å². The van der Waals surface area contributed by atoms with Crippen LogP contribution in [-0.4, -0.2) is 15.0 Å². The summed E-state index contributed by atoms with van der Waals surface area (Å²) in [5.74, 6) is 0.556. The largest absolute Gasteiger partial charge is 0.423 e. The summed E-state index contributed by atoms with van der Waals surface area (Å²) in [6.07, 6.45) is 4.72. The second kappa shape index (κ2) is 4.02. The van der Waals surface area contributed by atoms with E-state index in [2.05, 4.69) is 15.0 Å². The van der Waals surface area contributed by atoms with E-state index in [0.29, 0.717) is 10.9 Å². The van der Waals surface area contributed by atoms with Gasteiger partial charge >= 0.3 is 6.01 Å². The first kappa shape index (κ1) is 8.90. The molecule has 0 spiro atoms. The van der Waals surface area contributed by atoms with E-state index in [4.69, 9.17) is 16.3 Å². The third kappa shape index (κ3) is 2.17. The van der Waals surface area contributed by atoms with Gasteiger partial charge in [0.15, 0.2) is 0 Å². The fourth-order valence-corrected chi connectivity index (χ4v) is 0.978. The quantitative estimate of drug-likeness (QED) is 0.709. The lowest BCUT2D eigenvalue weighted by Crippen LogP contribution is -1.90. The molecular formula is C9H6ClN3O. The number of aromatic nitrogens is 3. The number of halogens is 1. The SMILES string of the molecule is Clc1ccc(Oc2ncccn2)cn1. The van der Waals surface area contributed by atoms with Crippen molar-refractivity contribution in [3.05, 3.63) is 41.9 Å². The van der Waals surface area contributed by atoms with Gasteiger partial charge in [-0.05, 0) is 18.2 Å². The Bertz CT molecular complexity index is 404. The highest BCUT2D eigenvalue weighted by atomic mass is 35.5. The molecule has 0 aliphatic rings. The van der Waals surface area contributed by atoms with Gasteiger partial charge in [0.05, 0.1) is 6.20 Å². The van der Waals surface area contributed by atoms with Gasteiger partial charge in [0, 0.05) is 12.4 Å². The van der Waals surface area contributed by atoms with Crippen molar-refractivity contribution >= 4 is 11.6 Å². The predicted molar refractivity (Wildman–Crippen MR) is 51.4 cm³/mol. The maximum Gasteiger partial charge on any atom is 0.321 e. The van der Waals surface area contributed by atoms with Crippen molar-refractivity contribution in [1.29, 1.82) is 0 Å². The molecule has 0 radical (unpaired) electrons. The fraction of sp³-hybridized carbons (Fsp3) is 0. The average molecular weight is 208 g/mol. The third-order valence-electron chi connectivity index (χ3n) is 1.45. The molecule has 2 rings (SSSR count). The molecule has 0 N–H and O–H groups in total. The van der Waals surface area contributed by atoms with Crippen molar-refractivity contribution < 1.29 is 4.74 Å². The highest BCUT2D eigenvalue weighted by molar-refractivity contribution is 6.29. The summed E-state index contributed by atoms with van der Waals surface area (Å²) in [6.45, 7) is 0. The lowest BCUT2D eigenvalue weighted by atomic mass is 10.5. The van der Waals surface area contributed by atoms with E-state index in [1.807, 2.05) is 0 Å². The van der Waals surface area contributed by atoms with Gasteiger partial charge in [-0.3, -0.25) is 0 Å². The van der Waals surface area contributed by atoms with Gasteiger partial charge in [-0.1, -0.05) is 11.6 Å². The minimum atomic E-state index is 0.289. The van der Waals surface area contributed by atoms with Crippen molar-refractivity contribution in [2.45, 2.75) is 0 Å². The average Bonchev–Trinajstić information content (AvgIpc) is 2.23. The van der Waals surface area contributed by atoms with E-state index < -0.39 is 0 Å². The molecule has 70 valence electrons. The molecule has 14 heavy (non-hydrogen) atoms. The van der Waals surface area contributed by atoms with Gasteiger partial charge in [-0.15, -0.1) is 0 Å². The van der Waals surface area contributed by atoms with E-state index >= 15 is 0 Å². The van der Waals surface area contributed by atoms with Crippen LogP contribution in [0.1, 0.15) is 0 Å². The summed E-state index contributed by atoms with van der Waals surface area (Å²) < 4.78 is 5.29. The first-order valence-corrected chi connectivity index (χ1v) is 4.29. The Hall–Kier alpha value is -1.68. The van der Waals surface area contributed by atoms with E-state index in [0.717, 1.165) is 0 Å². The van der Waals surface area contributed by atoms with Crippen LogP contribution in [0.5, 0.6) is 11.8 Å². The molecule has 2 aromatic rings. The van der Waals surface area contributed by atoms with Gasteiger partial charge < -0.3 is 4.74 Å². The van der Waals surface area contributed by atoms with Crippen molar-refractivity contribution in [2.24, 2.45) is 0 Å². The van der Waals surface area contributed by atoms with Gasteiger partial charge in [0.25, 0.3) is 0 Å². The fourth-order valence-electron chi connectivity index (χ4n) is 0.866. The Kier molecular flexibility index (Phi) is 2.55. The van der Waals surface area contributed by atoms with E-state index in [-0.39, 0.29) is 6.01 Å². The van der Waals surface area contributed by atoms with Crippen LogP contribution in [0.4, 0.5) is 0 Å². The number of nitrogens with zero attached hydrogens (tertiary/aromatic N) is 3. The van der Waals surface area contributed by atoms with E-state index in [1.54, 1.807) is 30.6 Å². The van der Waals surface area contributed by atoms with Crippen LogP contribution in [0.3, 0.4) is 0 Å². The van der Waals surface area contributed by atoms with Crippen LogP contribution in [0, 0.1) is 0 Å². The lowest BCUT2D eigenvalue weighted by Gasteiger charge is -2.01. The molecule has 0 amide bonds. The van der Waals surface area contributed by atoms with Crippen LogP contribution in [0.2, 0.25) is 5.15 Å². The Balaban J connectivity index is 2.16. The monoisotopic (exact) mass is 207 g/mol. The molecule has 0 bridgehead atoms. The van der Waals surface area contributed by atoms with Crippen LogP contribution in [-0.2, 0) is 0 Å². The number of pyridine rings is 1. The van der Waals surface area contributed by atoms with Crippen LogP contribution in [0.15, 0.2) is 36.8 Å². The van der Waals surface area contributed by atoms with Gasteiger partial charge in [-0.2, -0.15) is 0 Å². The topological polar surface area (TPSA) is 47.9 Å². The maximum atomic E-state index is 5.62.